The number of quaternary nitrogens is 1. The van der Waals surface area contributed by atoms with E-state index in [2.05, 4.69) is 0 Å². The molecule has 0 rings (SSSR count). The molecule has 0 aliphatic heterocycles. The fourth-order valence-corrected chi connectivity index (χ4v) is 1.47. The van der Waals surface area contributed by atoms with Crippen molar-refractivity contribution in [2.75, 3.05) is 26.2 Å². The van der Waals surface area contributed by atoms with Gasteiger partial charge in [0.15, 0.2) is 19.6 Å². The summed E-state index contributed by atoms with van der Waals surface area (Å²) >= 11 is 0. The van der Waals surface area contributed by atoms with Crippen molar-refractivity contribution >= 4 is 83.0 Å². The third kappa shape index (κ3) is 12.8. The van der Waals surface area contributed by atoms with Crippen LogP contribution >= 0.6 is 0 Å². The summed E-state index contributed by atoms with van der Waals surface area (Å²) < 4.78 is -1.14. The minimum atomic E-state index is -1.71. The van der Waals surface area contributed by atoms with Gasteiger partial charge in [-0.3, -0.25) is 4.48 Å². The van der Waals surface area contributed by atoms with Crippen molar-refractivity contribution in [3.05, 3.63) is 0 Å². The summed E-state index contributed by atoms with van der Waals surface area (Å²) in [7, 11) is 0. The quantitative estimate of drug-likeness (QED) is 0.253. The Balaban J connectivity index is -0.000000427. The zero-order valence-electron chi connectivity index (χ0n) is 9.37. The molecule has 0 unspecified atom stereocenters. The van der Waals surface area contributed by atoms with Crippen LogP contribution in [0.25, 0.3) is 0 Å². The van der Waals surface area contributed by atoms with Crippen molar-refractivity contribution in [3.8, 4) is 0 Å². The average Bonchev–Trinajstić information content (AvgIpc) is 1.95. The van der Waals surface area contributed by atoms with E-state index in [1.807, 2.05) is 0 Å². The molecule has 0 bridgehead atoms. The van der Waals surface area contributed by atoms with Gasteiger partial charge in [0.05, 0.1) is 5.97 Å². The summed E-state index contributed by atoms with van der Waals surface area (Å²) in [5, 5.41) is 36.2. The van der Waals surface area contributed by atoms with E-state index in [1.165, 1.54) is 0 Å². The van der Waals surface area contributed by atoms with Crippen molar-refractivity contribution in [2.45, 2.75) is 0 Å². The van der Waals surface area contributed by atoms with Gasteiger partial charge in [0.2, 0.25) is 0 Å². The Hall–Kier alpha value is -0.200. The molecule has 0 radical (unpaired) electrons. The third-order valence-corrected chi connectivity index (χ3v) is 1.88. The molecular formula is C8H16N2Na2O8. The minimum absolute atomic E-state index is 0. The summed E-state index contributed by atoms with van der Waals surface area (Å²) in [6, 6.07) is 0. The van der Waals surface area contributed by atoms with Crippen LogP contribution in [0.1, 0.15) is 0 Å². The van der Waals surface area contributed by atoms with Gasteiger partial charge in [0, 0.05) is 0 Å². The van der Waals surface area contributed by atoms with Crippen LogP contribution in [0.15, 0.2) is 0 Å². The van der Waals surface area contributed by atoms with Gasteiger partial charge >= 0.3 is 77.0 Å². The number of carbonyl (C=O) groups is 4. The standard InChI is InChI=1S/C8H11NO8.H3N.2Na.2H/c10-5(11)1-9(2-6(12)13,3-7(14)15)4-8(16)17;;;;;/h1-4H2,(H3-,10,11,12,13,14,15,16,17);1H3;;;;. The number of rotatable bonds is 8. The average molecular weight is 314 g/mol. The van der Waals surface area contributed by atoms with Crippen molar-refractivity contribution in [2.24, 2.45) is 0 Å². The van der Waals surface area contributed by atoms with E-state index in [0.29, 0.717) is 0 Å². The van der Waals surface area contributed by atoms with Crippen molar-refractivity contribution in [1.82, 2.24) is 6.15 Å². The van der Waals surface area contributed by atoms with E-state index in [9.17, 15) is 24.3 Å². The number of aliphatic carboxylic acids is 4. The molecule has 108 valence electrons. The molecule has 0 saturated carbocycles. The molecule has 20 heavy (non-hydrogen) atoms. The SMILES string of the molecule is N.O=C([O-])C[N+](CC(=O)O)(CC(=O)O)CC(=O)O.[NaH].[NaH]. The summed E-state index contributed by atoms with van der Waals surface area (Å²) in [6.07, 6.45) is 0. The second-order valence-electron chi connectivity index (χ2n) is 3.53. The van der Waals surface area contributed by atoms with E-state index in [-0.39, 0.29) is 65.3 Å². The number of carboxylic acids is 4. The van der Waals surface area contributed by atoms with Gasteiger partial charge in [-0.05, 0) is 0 Å². The molecule has 10 nitrogen and oxygen atoms in total. The van der Waals surface area contributed by atoms with Gasteiger partial charge in [-0.15, -0.1) is 0 Å². The van der Waals surface area contributed by atoms with E-state index >= 15 is 0 Å². The summed E-state index contributed by atoms with van der Waals surface area (Å²) in [6.45, 7) is -3.77. The maximum absolute atomic E-state index is 10.5. The molecule has 0 aromatic carbocycles. The summed E-state index contributed by atoms with van der Waals surface area (Å²) in [5.74, 6) is -6.19. The Bertz CT molecular complexity index is 293. The zero-order valence-corrected chi connectivity index (χ0v) is 9.37. The molecule has 12 heteroatoms. The van der Waals surface area contributed by atoms with Crippen molar-refractivity contribution in [3.63, 3.8) is 0 Å². The van der Waals surface area contributed by atoms with Gasteiger partial charge in [0.1, 0.15) is 6.54 Å². The Morgan fingerprint density at radius 2 is 1.00 bits per heavy atom. The monoisotopic (exact) mass is 314 g/mol. The van der Waals surface area contributed by atoms with Crippen LogP contribution in [0.3, 0.4) is 0 Å². The number of carboxylic acid groups (broad SMARTS) is 4. The summed E-state index contributed by atoms with van der Waals surface area (Å²) in [5.41, 5.74) is 0. The Morgan fingerprint density at radius 1 is 0.750 bits per heavy atom. The molecular weight excluding hydrogens is 298 g/mol. The molecule has 6 N–H and O–H groups in total. The van der Waals surface area contributed by atoms with Crippen molar-refractivity contribution in [1.29, 1.82) is 0 Å². The molecule has 0 fully saturated rings. The van der Waals surface area contributed by atoms with Crippen LogP contribution in [-0.4, -0.2) is 129 Å². The molecule has 0 saturated heterocycles. The first-order valence-corrected chi connectivity index (χ1v) is 4.37. The molecule has 0 atom stereocenters. The second-order valence-corrected chi connectivity index (χ2v) is 3.53. The van der Waals surface area contributed by atoms with Gasteiger partial charge < -0.3 is 31.4 Å². The number of nitrogens with zero attached hydrogens (tertiary/aromatic N) is 1. The molecule has 0 spiro atoms. The van der Waals surface area contributed by atoms with Crippen LogP contribution in [0.2, 0.25) is 0 Å². The fourth-order valence-electron chi connectivity index (χ4n) is 1.47. The van der Waals surface area contributed by atoms with E-state index in [0.717, 1.165) is 0 Å². The normalized spacial score (nSPS) is 9.20. The topological polar surface area (TPSA) is 187 Å². The first-order valence-electron chi connectivity index (χ1n) is 4.37. The van der Waals surface area contributed by atoms with E-state index < -0.39 is 54.5 Å². The molecule has 0 aliphatic rings. The van der Waals surface area contributed by atoms with E-state index in [4.69, 9.17) is 15.3 Å². The van der Waals surface area contributed by atoms with Gasteiger partial charge in [-0.1, -0.05) is 0 Å². The molecule has 0 aromatic heterocycles. The Morgan fingerprint density at radius 3 is 1.15 bits per heavy atom. The predicted molar refractivity (Wildman–Crippen MR) is 67.0 cm³/mol. The molecule has 0 aliphatic carbocycles. The number of hydrogen-bond acceptors (Lipinski definition) is 6. The molecule has 0 heterocycles. The van der Waals surface area contributed by atoms with Gasteiger partial charge in [-0.25, -0.2) is 14.4 Å². The number of hydrogen-bond donors (Lipinski definition) is 4. The molecule has 0 aromatic rings. The van der Waals surface area contributed by atoms with Crippen LogP contribution in [0.4, 0.5) is 0 Å². The Labute approximate surface area is 158 Å². The van der Waals surface area contributed by atoms with Gasteiger partial charge in [0.25, 0.3) is 0 Å². The van der Waals surface area contributed by atoms with Crippen LogP contribution in [0, 0.1) is 0 Å². The molecule has 0 amide bonds. The zero-order chi connectivity index (χ0) is 13.6. The van der Waals surface area contributed by atoms with Gasteiger partial charge in [-0.2, -0.15) is 0 Å². The van der Waals surface area contributed by atoms with Crippen LogP contribution in [0.5, 0.6) is 0 Å². The second kappa shape index (κ2) is 12.5. The first-order chi connectivity index (χ1) is 7.67. The predicted octanol–water partition coefficient (Wildman–Crippen LogP) is -4.33. The third-order valence-electron chi connectivity index (χ3n) is 1.88. The Kier molecular flexibility index (Phi) is 17.6. The van der Waals surface area contributed by atoms with E-state index in [1.54, 1.807) is 0 Å². The number of carbonyl (C=O) groups excluding carboxylic acids is 1. The van der Waals surface area contributed by atoms with Crippen molar-refractivity contribution < 1.29 is 44.1 Å². The van der Waals surface area contributed by atoms with Crippen LogP contribution in [-0.2, 0) is 19.2 Å². The van der Waals surface area contributed by atoms with Crippen LogP contribution < -0.4 is 11.3 Å². The first kappa shape index (κ1) is 28.0. The maximum atomic E-state index is 10.5. The fraction of sp³-hybridized carbons (Fsp3) is 0.500. The summed E-state index contributed by atoms with van der Waals surface area (Å²) in [4.78, 5) is 42.1.